The van der Waals surface area contributed by atoms with Gasteiger partial charge in [-0.1, -0.05) is 91.0 Å². The molecule has 1 atom stereocenters. The van der Waals surface area contributed by atoms with Crippen molar-refractivity contribution in [3.05, 3.63) is 108 Å². The van der Waals surface area contributed by atoms with Crippen molar-refractivity contribution in [1.29, 1.82) is 0 Å². The van der Waals surface area contributed by atoms with Gasteiger partial charge in [-0.25, -0.2) is 0 Å². The van der Waals surface area contributed by atoms with Gasteiger partial charge in [0.2, 0.25) is 0 Å². The van der Waals surface area contributed by atoms with E-state index in [1.54, 1.807) is 0 Å². The highest BCUT2D eigenvalue weighted by molar-refractivity contribution is 5.34. The highest BCUT2D eigenvalue weighted by Gasteiger charge is 2.29. The second-order valence-electron chi connectivity index (χ2n) is 7.08. The molecule has 0 amide bonds. The molecule has 1 saturated heterocycles. The highest BCUT2D eigenvalue weighted by Crippen LogP contribution is 2.29. The van der Waals surface area contributed by atoms with Gasteiger partial charge in [0.1, 0.15) is 0 Å². The van der Waals surface area contributed by atoms with Crippen LogP contribution in [0.3, 0.4) is 0 Å². The minimum absolute atomic E-state index is 0.371. The normalized spacial score (nSPS) is 18.1. The Morgan fingerprint density at radius 2 is 1.31 bits per heavy atom. The first-order valence-corrected chi connectivity index (χ1v) is 9.50. The van der Waals surface area contributed by atoms with Crippen molar-refractivity contribution < 1.29 is 0 Å². The molecule has 0 saturated carbocycles. The Morgan fingerprint density at radius 3 is 1.88 bits per heavy atom. The Labute approximate surface area is 156 Å². The number of nitrogens with zero attached hydrogens (tertiary/aromatic N) is 1. The summed E-state index contributed by atoms with van der Waals surface area (Å²) in [4.78, 5) is 2.58. The lowest BCUT2D eigenvalue weighted by Gasteiger charge is -2.38. The molecular weight excluding hydrogens is 316 g/mol. The number of hydrogen-bond acceptors (Lipinski definition) is 2. The molecule has 0 unspecified atom stereocenters. The molecule has 26 heavy (non-hydrogen) atoms. The van der Waals surface area contributed by atoms with Crippen LogP contribution in [-0.2, 0) is 6.54 Å². The van der Waals surface area contributed by atoms with Crippen LogP contribution in [0.1, 0.15) is 22.6 Å². The molecule has 3 aromatic rings. The van der Waals surface area contributed by atoms with Gasteiger partial charge < -0.3 is 5.32 Å². The summed E-state index contributed by atoms with van der Waals surface area (Å²) in [5.41, 5.74) is 4.17. The molecule has 2 nitrogen and oxygen atoms in total. The fourth-order valence-corrected chi connectivity index (χ4v) is 4.03. The van der Waals surface area contributed by atoms with E-state index in [0.29, 0.717) is 12.0 Å². The van der Waals surface area contributed by atoms with Crippen LogP contribution >= 0.6 is 0 Å². The molecule has 1 heterocycles. The van der Waals surface area contributed by atoms with Crippen LogP contribution in [0.25, 0.3) is 0 Å². The van der Waals surface area contributed by atoms with E-state index in [1.165, 1.54) is 16.7 Å². The van der Waals surface area contributed by atoms with E-state index in [0.717, 1.165) is 26.2 Å². The van der Waals surface area contributed by atoms with Crippen LogP contribution in [-0.4, -0.2) is 30.6 Å². The van der Waals surface area contributed by atoms with Crippen LogP contribution in [0.2, 0.25) is 0 Å². The first kappa shape index (κ1) is 17.0. The lowest BCUT2D eigenvalue weighted by molar-refractivity contribution is 0.184. The average molecular weight is 342 g/mol. The zero-order chi connectivity index (χ0) is 17.6. The minimum Gasteiger partial charge on any atom is -0.310 e. The van der Waals surface area contributed by atoms with E-state index in [2.05, 4.69) is 101 Å². The van der Waals surface area contributed by atoms with E-state index in [-0.39, 0.29) is 0 Å². The number of benzene rings is 3. The summed E-state index contributed by atoms with van der Waals surface area (Å²) in [6.07, 6.45) is 0. The van der Waals surface area contributed by atoms with Crippen molar-refractivity contribution in [2.24, 2.45) is 0 Å². The van der Waals surface area contributed by atoms with E-state index in [9.17, 15) is 0 Å². The summed E-state index contributed by atoms with van der Waals surface area (Å²) in [6, 6.07) is 33.0. The second kappa shape index (κ2) is 8.31. The molecular formula is C24H26N2. The summed E-state index contributed by atoms with van der Waals surface area (Å²) in [7, 11) is 0. The topological polar surface area (TPSA) is 15.3 Å². The molecule has 0 aliphatic carbocycles. The van der Waals surface area contributed by atoms with Crippen molar-refractivity contribution in [2.45, 2.75) is 18.5 Å². The van der Waals surface area contributed by atoms with Gasteiger partial charge in [0.25, 0.3) is 0 Å². The quantitative estimate of drug-likeness (QED) is 0.744. The molecule has 1 aliphatic heterocycles. The molecule has 4 rings (SSSR count). The Kier molecular flexibility index (Phi) is 5.44. The van der Waals surface area contributed by atoms with Crippen molar-refractivity contribution in [2.75, 3.05) is 19.6 Å². The monoisotopic (exact) mass is 342 g/mol. The summed E-state index contributed by atoms with van der Waals surface area (Å²) >= 11 is 0. The molecule has 0 bridgehead atoms. The van der Waals surface area contributed by atoms with Crippen LogP contribution in [0.4, 0.5) is 0 Å². The lowest BCUT2D eigenvalue weighted by atomic mass is 9.84. The van der Waals surface area contributed by atoms with Gasteiger partial charge >= 0.3 is 0 Å². The summed E-state index contributed by atoms with van der Waals surface area (Å²) in [5, 5.41) is 3.79. The fraction of sp³-hybridized carbons (Fsp3) is 0.250. The van der Waals surface area contributed by atoms with E-state index >= 15 is 0 Å². The van der Waals surface area contributed by atoms with Crippen LogP contribution < -0.4 is 5.32 Å². The number of nitrogens with one attached hydrogen (secondary N) is 1. The van der Waals surface area contributed by atoms with Gasteiger partial charge in [0.05, 0.1) is 0 Å². The summed E-state index contributed by atoms with van der Waals surface area (Å²) in [5.74, 6) is 0.371. The second-order valence-corrected chi connectivity index (χ2v) is 7.08. The van der Waals surface area contributed by atoms with Gasteiger partial charge in [-0.3, -0.25) is 4.90 Å². The van der Waals surface area contributed by atoms with Crippen LogP contribution in [0, 0.1) is 0 Å². The Morgan fingerprint density at radius 1 is 0.769 bits per heavy atom. The van der Waals surface area contributed by atoms with Crippen molar-refractivity contribution in [1.82, 2.24) is 10.2 Å². The molecule has 0 spiro atoms. The highest BCUT2D eigenvalue weighted by atomic mass is 15.2. The van der Waals surface area contributed by atoms with Gasteiger partial charge in [0.15, 0.2) is 0 Å². The molecule has 1 fully saturated rings. The molecule has 0 aromatic heterocycles. The number of rotatable bonds is 5. The third-order valence-electron chi connectivity index (χ3n) is 5.26. The van der Waals surface area contributed by atoms with Crippen molar-refractivity contribution >= 4 is 0 Å². The van der Waals surface area contributed by atoms with E-state index < -0.39 is 0 Å². The van der Waals surface area contributed by atoms with Gasteiger partial charge in [-0.05, 0) is 16.7 Å². The number of hydrogen-bond donors (Lipinski definition) is 1. The molecule has 132 valence electrons. The van der Waals surface area contributed by atoms with E-state index in [4.69, 9.17) is 0 Å². The SMILES string of the molecule is c1ccc(CN2CCN[C@@H](C(c3ccccc3)c3ccccc3)C2)cc1. The van der Waals surface area contributed by atoms with Gasteiger partial charge in [-0.15, -0.1) is 0 Å². The molecule has 0 radical (unpaired) electrons. The molecule has 1 N–H and O–H groups in total. The Hall–Kier alpha value is -2.42. The molecule has 1 aliphatic rings. The van der Waals surface area contributed by atoms with Crippen molar-refractivity contribution in [3.8, 4) is 0 Å². The summed E-state index contributed by atoms with van der Waals surface area (Å²) in [6.45, 7) is 4.22. The van der Waals surface area contributed by atoms with Gasteiger partial charge in [0, 0.05) is 38.1 Å². The first-order valence-electron chi connectivity index (χ1n) is 9.50. The third-order valence-corrected chi connectivity index (χ3v) is 5.26. The molecule has 2 heteroatoms. The average Bonchev–Trinajstić information content (AvgIpc) is 2.71. The number of piperazine rings is 1. The standard InChI is InChI=1S/C24H26N2/c1-4-10-20(11-5-1)18-26-17-16-25-23(19-26)24(21-12-6-2-7-13-21)22-14-8-3-9-15-22/h1-15,23-25H,16-19H2/t23-/m1/s1. The maximum Gasteiger partial charge on any atom is 0.0304 e. The summed E-state index contributed by atoms with van der Waals surface area (Å²) < 4.78 is 0. The van der Waals surface area contributed by atoms with E-state index in [1.807, 2.05) is 0 Å². The largest absolute Gasteiger partial charge is 0.310 e. The minimum atomic E-state index is 0.371. The predicted octanol–water partition coefficient (Wildman–Crippen LogP) is 4.29. The maximum atomic E-state index is 3.79. The van der Waals surface area contributed by atoms with Gasteiger partial charge in [-0.2, -0.15) is 0 Å². The molecule has 3 aromatic carbocycles. The Balaban J connectivity index is 1.57. The maximum absolute atomic E-state index is 3.79. The zero-order valence-corrected chi connectivity index (χ0v) is 15.1. The predicted molar refractivity (Wildman–Crippen MR) is 108 cm³/mol. The first-order chi connectivity index (χ1) is 12.9. The lowest BCUT2D eigenvalue weighted by Crippen LogP contribution is -2.52. The van der Waals surface area contributed by atoms with Crippen LogP contribution in [0.5, 0.6) is 0 Å². The zero-order valence-electron chi connectivity index (χ0n) is 15.1. The third kappa shape index (κ3) is 4.04. The van der Waals surface area contributed by atoms with Crippen LogP contribution in [0.15, 0.2) is 91.0 Å². The Bertz CT molecular complexity index is 747. The fourth-order valence-electron chi connectivity index (χ4n) is 4.03. The van der Waals surface area contributed by atoms with Crippen molar-refractivity contribution in [3.63, 3.8) is 0 Å². The smallest absolute Gasteiger partial charge is 0.0304 e.